The summed E-state index contributed by atoms with van der Waals surface area (Å²) in [6.07, 6.45) is -3.36. The largest absolute Gasteiger partial charge is 0.490 e. The molecular formula is C17H17ClF3N3O3. The molecule has 0 aliphatic carbocycles. The highest BCUT2D eigenvalue weighted by molar-refractivity contribution is 6.31. The van der Waals surface area contributed by atoms with Crippen LogP contribution in [0, 0.1) is 0 Å². The first-order valence-corrected chi connectivity index (χ1v) is 8.55. The molecule has 6 nitrogen and oxygen atoms in total. The van der Waals surface area contributed by atoms with E-state index in [1.54, 1.807) is 4.90 Å². The number of nitrogens with two attached hydrogens (primary N) is 1. The van der Waals surface area contributed by atoms with Crippen molar-refractivity contribution >= 4 is 23.4 Å². The maximum Gasteiger partial charge on any atom is 0.417 e. The van der Waals surface area contributed by atoms with Crippen LogP contribution in [0.15, 0.2) is 22.7 Å². The Kier molecular flexibility index (Phi) is 5.23. The fraction of sp³-hybridized carbons (Fsp3) is 0.412. The van der Waals surface area contributed by atoms with E-state index in [-0.39, 0.29) is 23.3 Å². The first-order valence-electron chi connectivity index (χ1n) is 8.17. The van der Waals surface area contributed by atoms with Gasteiger partial charge in [0.05, 0.1) is 17.7 Å². The third-order valence-electron chi connectivity index (χ3n) is 4.59. The number of aromatic nitrogens is 1. The van der Waals surface area contributed by atoms with Crippen molar-refractivity contribution in [1.29, 1.82) is 0 Å². The van der Waals surface area contributed by atoms with Crippen molar-refractivity contribution in [2.45, 2.75) is 24.9 Å². The van der Waals surface area contributed by atoms with Gasteiger partial charge in [-0.3, -0.25) is 4.79 Å². The Morgan fingerprint density at radius 1 is 1.37 bits per heavy atom. The van der Waals surface area contributed by atoms with Crippen molar-refractivity contribution in [1.82, 2.24) is 10.1 Å². The van der Waals surface area contributed by atoms with Crippen LogP contribution in [0.2, 0.25) is 5.02 Å². The summed E-state index contributed by atoms with van der Waals surface area (Å²) in [5.41, 5.74) is 5.42. The first kappa shape index (κ1) is 19.3. The van der Waals surface area contributed by atoms with Gasteiger partial charge in [-0.25, -0.2) is 0 Å². The second-order valence-electron chi connectivity index (χ2n) is 6.22. The lowest BCUT2D eigenvalue weighted by Crippen LogP contribution is -2.38. The standard InChI is InChI=1S/C17H17ClF3N3O3/c1-26-14-13(23-27-15(14)22)9-4-6-24(7-5-9)16(25)10-2-3-11(12(18)8-10)17(19,20)21/h2-3,8-9H,4-7,22H2,1H3. The molecule has 0 radical (unpaired) electrons. The lowest BCUT2D eigenvalue weighted by Gasteiger charge is -2.31. The number of rotatable bonds is 3. The number of piperidine rings is 1. The highest BCUT2D eigenvalue weighted by Crippen LogP contribution is 2.38. The molecule has 27 heavy (non-hydrogen) atoms. The Hall–Kier alpha value is -2.42. The van der Waals surface area contributed by atoms with Crippen LogP contribution in [0.1, 0.15) is 40.4 Å². The molecule has 1 aliphatic rings. The lowest BCUT2D eigenvalue weighted by molar-refractivity contribution is -0.137. The van der Waals surface area contributed by atoms with Crippen LogP contribution in [0.3, 0.4) is 0 Å². The summed E-state index contributed by atoms with van der Waals surface area (Å²) in [6, 6.07) is 3.02. The Labute approximate surface area is 158 Å². The molecule has 2 aromatic rings. The van der Waals surface area contributed by atoms with Gasteiger partial charge in [0.25, 0.3) is 11.8 Å². The molecule has 0 atom stereocenters. The van der Waals surface area contributed by atoms with E-state index in [0.29, 0.717) is 37.4 Å². The van der Waals surface area contributed by atoms with Crippen LogP contribution in [-0.4, -0.2) is 36.2 Å². The van der Waals surface area contributed by atoms with Gasteiger partial charge in [0, 0.05) is 24.6 Å². The molecule has 1 aromatic carbocycles. The first-order chi connectivity index (χ1) is 12.7. The fourth-order valence-electron chi connectivity index (χ4n) is 3.19. The Morgan fingerprint density at radius 3 is 2.59 bits per heavy atom. The van der Waals surface area contributed by atoms with Gasteiger partial charge in [-0.05, 0) is 31.0 Å². The maximum atomic E-state index is 12.8. The van der Waals surface area contributed by atoms with Crippen molar-refractivity contribution in [3.05, 3.63) is 40.0 Å². The molecule has 0 unspecified atom stereocenters. The fourth-order valence-corrected chi connectivity index (χ4v) is 3.48. The summed E-state index contributed by atoms with van der Waals surface area (Å²) in [4.78, 5) is 14.2. The van der Waals surface area contributed by atoms with Crippen molar-refractivity contribution < 1.29 is 27.2 Å². The van der Waals surface area contributed by atoms with Gasteiger partial charge < -0.3 is 19.9 Å². The highest BCUT2D eigenvalue weighted by atomic mass is 35.5. The monoisotopic (exact) mass is 403 g/mol. The molecule has 0 spiro atoms. The number of alkyl halides is 3. The third kappa shape index (κ3) is 3.83. The summed E-state index contributed by atoms with van der Waals surface area (Å²) >= 11 is 5.70. The maximum absolute atomic E-state index is 12.8. The van der Waals surface area contributed by atoms with Crippen LogP contribution < -0.4 is 10.5 Å². The number of nitrogen functional groups attached to an aromatic ring is 1. The lowest BCUT2D eigenvalue weighted by atomic mass is 9.92. The zero-order chi connectivity index (χ0) is 19.8. The number of carbonyl (C=O) groups excluding carboxylic acids is 1. The molecule has 3 rings (SSSR count). The average Bonchev–Trinajstić information content (AvgIpc) is 3.00. The molecule has 0 saturated carbocycles. The van der Waals surface area contributed by atoms with Crippen LogP contribution in [0.25, 0.3) is 0 Å². The van der Waals surface area contributed by atoms with Crippen LogP contribution in [-0.2, 0) is 6.18 Å². The minimum absolute atomic E-state index is 0.0150. The Bertz CT molecular complexity index is 846. The average molecular weight is 404 g/mol. The second-order valence-corrected chi connectivity index (χ2v) is 6.63. The topological polar surface area (TPSA) is 81.6 Å². The van der Waals surface area contributed by atoms with E-state index in [1.165, 1.54) is 7.11 Å². The molecule has 1 aromatic heterocycles. The summed E-state index contributed by atoms with van der Waals surface area (Å²) in [5.74, 6) is 0.150. The van der Waals surface area contributed by atoms with E-state index in [1.807, 2.05) is 0 Å². The van der Waals surface area contributed by atoms with E-state index in [2.05, 4.69) is 5.16 Å². The van der Waals surface area contributed by atoms with Gasteiger partial charge in [-0.1, -0.05) is 16.8 Å². The summed E-state index contributed by atoms with van der Waals surface area (Å²) in [5, 5.41) is 3.44. The number of nitrogens with zero attached hydrogens (tertiary/aromatic N) is 2. The quantitative estimate of drug-likeness (QED) is 0.839. The molecule has 10 heteroatoms. The van der Waals surface area contributed by atoms with E-state index in [0.717, 1.165) is 18.2 Å². The van der Waals surface area contributed by atoms with Crippen LogP contribution >= 0.6 is 11.6 Å². The number of likely N-dealkylation sites (tertiary alicyclic amines) is 1. The summed E-state index contributed by atoms with van der Waals surface area (Å²) < 4.78 is 48.5. The molecule has 2 heterocycles. The number of halogens is 4. The van der Waals surface area contributed by atoms with E-state index >= 15 is 0 Å². The van der Waals surface area contributed by atoms with E-state index < -0.39 is 16.8 Å². The molecule has 0 bridgehead atoms. The number of hydrogen-bond acceptors (Lipinski definition) is 5. The summed E-state index contributed by atoms with van der Waals surface area (Å²) in [7, 11) is 1.47. The smallest absolute Gasteiger partial charge is 0.417 e. The van der Waals surface area contributed by atoms with Gasteiger partial charge >= 0.3 is 6.18 Å². The predicted octanol–water partition coefficient (Wildman–Crippen LogP) is 3.96. The zero-order valence-corrected chi connectivity index (χ0v) is 15.1. The van der Waals surface area contributed by atoms with Crippen molar-refractivity contribution in [3.63, 3.8) is 0 Å². The van der Waals surface area contributed by atoms with Gasteiger partial charge in [0.2, 0.25) is 5.75 Å². The molecule has 146 valence electrons. The number of methoxy groups -OCH3 is 1. The van der Waals surface area contributed by atoms with Crippen molar-refractivity contribution in [2.24, 2.45) is 0 Å². The van der Waals surface area contributed by atoms with Crippen LogP contribution in [0.5, 0.6) is 5.75 Å². The normalized spacial score (nSPS) is 15.8. The Balaban J connectivity index is 1.69. The molecule has 1 aliphatic heterocycles. The number of amides is 1. The third-order valence-corrected chi connectivity index (χ3v) is 4.91. The minimum atomic E-state index is -4.56. The minimum Gasteiger partial charge on any atom is -0.490 e. The second kappa shape index (κ2) is 7.30. The number of anilines is 1. The number of hydrogen-bond donors (Lipinski definition) is 1. The Morgan fingerprint density at radius 2 is 2.04 bits per heavy atom. The zero-order valence-electron chi connectivity index (χ0n) is 14.3. The molecule has 1 saturated heterocycles. The summed E-state index contributed by atoms with van der Waals surface area (Å²) in [6.45, 7) is 0.829. The van der Waals surface area contributed by atoms with E-state index in [9.17, 15) is 18.0 Å². The number of benzene rings is 1. The van der Waals surface area contributed by atoms with Crippen LogP contribution in [0.4, 0.5) is 19.1 Å². The van der Waals surface area contributed by atoms with Gasteiger partial charge in [-0.2, -0.15) is 13.2 Å². The van der Waals surface area contributed by atoms with Gasteiger partial charge in [0.15, 0.2) is 0 Å². The van der Waals surface area contributed by atoms with Crippen molar-refractivity contribution in [3.8, 4) is 5.75 Å². The van der Waals surface area contributed by atoms with Crippen molar-refractivity contribution in [2.75, 3.05) is 25.9 Å². The van der Waals surface area contributed by atoms with Gasteiger partial charge in [-0.15, -0.1) is 0 Å². The number of ether oxygens (including phenoxy) is 1. The molecule has 1 amide bonds. The highest BCUT2D eigenvalue weighted by Gasteiger charge is 2.34. The van der Waals surface area contributed by atoms with E-state index in [4.69, 9.17) is 26.6 Å². The molecular weight excluding hydrogens is 387 g/mol. The predicted molar refractivity (Wildman–Crippen MR) is 91.8 cm³/mol. The SMILES string of the molecule is COc1c(C2CCN(C(=O)c3ccc(C(F)(F)F)c(Cl)c3)CC2)noc1N. The molecule has 2 N–H and O–H groups in total. The van der Waals surface area contributed by atoms with Gasteiger partial charge in [0.1, 0.15) is 5.69 Å². The number of carbonyl (C=O) groups is 1. The molecule has 1 fully saturated rings.